The van der Waals surface area contributed by atoms with Gasteiger partial charge in [0.05, 0.1) is 23.3 Å². The summed E-state index contributed by atoms with van der Waals surface area (Å²) in [4.78, 5) is 26.6. The number of esters is 1. The summed E-state index contributed by atoms with van der Waals surface area (Å²) in [7, 11) is 0. The first-order valence-electron chi connectivity index (χ1n) is 5.83. The third-order valence-corrected chi connectivity index (χ3v) is 2.62. The fraction of sp³-hybridized carbons (Fsp3) is 0.417. The molecule has 0 amide bonds. The maximum atomic E-state index is 12.1. The molecule has 2 heterocycles. The zero-order valence-corrected chi connectivity index (χ0v) is 10.5. The van der Waals surface area contributed by atoms with Crippen LogP contribution in [0.1, 0.15) is 36.7 Å². The lowest BCUT2D eigenvalue weighted by Gasteiger charge is -2.11. The van der Waals surface area contributed by atoms with Crippen molar-refractivity contribution in [3.8, 4) is 0 Å². The maximum Gasteiger partial charge on any atom is 0.339 e. The molecule has 0 aliphatic rings. The number of pyridine rings is 1. The Labute approximate surface area is 103 Å². The zero-order valence-electron chi connectivity index (χ0n) is 10.5. The van der Waals surface area contributed by atoms with Crippen molar-refractivity contribution in [3.05, 3.63) is 27.7 Å². The van der Waals surface area contributed by atoms with Gasteiger partial charge in [0.25, 0.3) is 5.56 Å². The van der Waals surface area contributed by atoms with Crippen LogP contribution in [0.5, 0.6) is 0 Å². The molecule has 96 valence electrons. The molecule has 0 aliphatic carbocycles. The molecule has 0 unspecified atom stereocenters. The standard InChI is InChI=1S/C12H15N3O3/c1-4-7-9(12(17)18-6(2)3)8-5-13-15-10(8)14-11(7)16/h5-6H,4H2,1-3H3,(H2,13,14,15,16). The number of ether oxygens (including phenoxy) is 1. The number of rotatable bonds is 3. The second-order valence-corrected chi connectivity index (χ2v) is 4.27. The van der Waals surface area contributed by atoms with Crippen LogP contribution in [-0.4, -0.2) is 27.3 Å². The summed E-state index contributed by atoms with van der Waals surface area (Å²) < 4.78 is 5.18. The van der Waals surface area contributed by atoms with E-state index >= 15 is 0 Å². The van der Waals surface area contributed by atoms with E-state index in [9.17, 15) is 9.59 Å². The monoisotopic (exact) mass is 249 g/mol. The van der Waals surface area contributed by atoms with E-state index in [1.165, 1.54) is 6.20 Å². The topological polar surface area (TPSA) is 87.8 Å². The minimum Gasteiger partial charge on any atom is -0.459 e. The Morgan fingerprint density at radius 3 is 2.83 bits per heavy atom. The number of nitrogens with one attached hydrogen (secondary N) is 2. The number of hydrogen-bond acceptors (Lipinski definition) is 4. The highest BCUT2D eigenvalue weighted by atomic mass is 16.5. The highest BCUT2D eigenvalue weighted by Crippen LogP contribution is 2.18. The molecule has 0 saturated carbocycles. The molecule has 2 N–H and O–H groups in total. The SMILES string of the molecule is CCc1c(C(=O)OC(C)C)c2cn[nH]c2[nH]c1=O. The lowest BCUT2D eigenvalue weighted by atomic mass is 10.0. The molecule has 0 aromatic carbocycles. The summed E-state index contributed by atoms with van der Waals surface area (Å²) in [5.74, 6) is -0.487. The van der Waals surface area contributed by atoms with E-state index in [1.54, 1.807) is 13.8 Å². The van der Waals surface area contributed by atoms with Crippen molar-refractivity contribution < 1.29 is 9.53 Å². The van der Waals surface area contributed by atoms with Gasteiger partial charge >= 0.3 is 5.97 Å². The molecule has 0 atom stereocenters. The van der Waals surface area contributed by atoms with Crippen LogP contribution in [0.3, 0.4) is 0 Å². The minimum absolute atomic E-state index is 0.233. The van der Waals surface area contributed by atoms with E-state index in [4.69, 9.17) is 4.74 Å². The highest BCUT2D eigenvalue weighted by molar-refractivity contribution is 6.03. The first kappa shape index (κ1) is 12.3. The molecule has 0 aliphatic heterocycles. The Morgan fingerprint density at radius 1 is 1.50 bits per heavy atom. The van der Waals surface area contributed by atoms with Gasteiger partial charge in [-0.3, -0.25) is 9.89 Å². The van der Waals surface area contributed by atoms with Gasteiger partial charge < -0.3 is 9.72 Å². The summed E-state index contributed by atoms with van der Waals surface area (Å²) in [5.41, 5.74) is 0.881. The molecule has 2 rings (SSSR count). The van der Waals surface area contributed by atoms with Crippen LogP contribution in [0.4, 0.5) is 0 Å². The van der Waals surface area contributed by atoms with Crippen molar-refractivity contribution in [1.29, 1.82) is 0 Å². The average Bonchev–Trinajstić information content (AvgIpc) is 2.73. The molecule has 0 bridgehead atoms. The second kappa shape index (κ2) is 4.64. The summed E-state index contributed by atoms with van der Waals surface area (Å²) in [6, 6.07) is 0. The average molecular weight is 249 g/mol. The van der Waals surface area contributed by atoms with Crippen molar-refractivity contribution in [2.24, 2.45) is 0 Å². The number of fused-ring (bicyclic) bond motifs is 1. The number of carbonyl (C=O) groups is 1. The van der Waals surface area contributed by atoms with E-state index in [-0.39, 0.29) is 11.7 Å². The molecule has 0 spiro atoms. The van der Waals surface area contributed by atoms with E-state index in [0.717, 1.165) is 0 Å². The Morgan fingerprint density at radius 2 is 2.22 bits per heavy atom. The van der Waals surface area contributed by atoms with Crippen LogP contribution in [0.25, 0.3) is 11.0 Å². The Hall–Kier alpha value is -2.11. The Kier molecular flexibility index (Phi) is 3.18. The van der Waals surface area contributed by atoms with Crippen LogP contribution >= 0.6 is 0 Å². The molecular weight excluding hydrogens is 234 g/mol. The smallest absolute Gasteiger partial charge is 0.339 e. The van der Waals surface area contributed by atoms with Crippen LogP contribution < -0.4 is 5.56 Å². The van der Waals surface area contributed by atoms with Crippen LogP contribution in [0.15, 0.2) is 11.0 Å². The molecular formula is C12H15N3O3. The normalized spacial score (nSPS) is 11.1. The lowest BCUT2D eigenvalue weighted by Crippen LogP contribution is -2.21. The Bertz CT molecular complexity index is 640. The summed E-state index contributed by atoms with van der Waals surface area (Å²) in [6.07, 6.45) is 1.74. The first-order valence-corrected chi connectivity index (χ1v) is 5.83. The predicted octanol–water partition coefficient (Wildman–Crippen LogP) is 1.38. The third kappa shape index (κ3) is 2.01. The third-order valence-electron chi connectivity index (χ3n) is 2.62. The van der Waals surface area contributed by atoms with Gasteiger partial charge in [0.2, 0.25) is 0 Å². The van der Waals surface area contributed by atoms with Gasteiger partial charge in [-0.25, -0.2) is 4.79 Å². The lowest BCUT2D eigenvalue weighted by molar-refractivity contribution is 0.0379. The number of hydrogen-bond donors (Lipinski definition) is 2. The molecule has 0 radical (unpaired) electrons. The molecule has 0 saturated heterocycles. The van der Waals surface area contributed by atoms with Gasteiger partial charge in [0, 0.05) is 5.56 Å². The van der Waals surface area contributed by atoms with Gasteiger partial charge in [-0.2, -0.15) is 5.10 Å². The molecule has 6 heteroatoms. The molecule has 2 aromatic rings. The predicted molar refractivity (Wildman–Crippen MR) is 66.6 cm³/mol. The van der Waals surface area contributed by atoms with Gasteiger partial charge in [0.15, 0.2) is 0 Å². The summed E-state index contributed by atoms with van der Waals surface area (Å²) in [5, 5.41) is 7.06. The summed E-state index contributed by atoms with van der Waals surface area (Å²) >= 11 is 0. The van der Waals surface area contributed by atoms with Gasteiger partial charge in [0.1, 0.15) is 5.65 Å². The zero-order chi connectivity index (χ0) is 13.3. The fourth-order valence-corrected chi connectivity index (χ4v) is 1.88. The van der Waals surface area contributed by atoms with Gasteiger partial charge in [-0.1, -0.05) is 6.92 Å². The highest BCUT2D eigenvalue weighted by Gasteiger charge is 2.21. The maximum absolute atomic E-state index is 12.1. The quantitative estimate of drug-likeness (QED) is 0.804. The van der Waals surface area contributed by atoms with E-state index < -0.39 is 5.97 Å². The first-order chi connectivity index (χ1) is 8.54. The largest absolute Gasteiger partial charge is 0.459 e. The van der Waals surface area contributed by atoms with E-state index in [0.29, 0.717) is 28.6 Å². The Balaban J connectivity index is 2.68. The number of aromatic nitrogens is 3. The molecule has 0 fully saturated rings. The van der Waals surface area contributed by atoms with E-state index in [2.05, 4.69) is 15.2 Å². The van der Waals surface area contributed by atoms with Crippen molar-refractivity contribution in [2.75, 3.05) is 0 Å². The van der Waals surface area contributed by atoms with E-state index in [1.807, 2.05) is 6.92 Å². The molecule has 2 aromatic heterocycles. The van der Waals surface area contributed by atoms with Gasteiger partial charge in [-0.05, 0) is 20.3 Å². The second-order valence-electron chi connectivity index (χ2n) is 4.27. The van der Waals surface area contributed by atoms with Crippen LogP contribution in [0.2, 0.25) is 0 Å². The van der Waals surface area contributed by atoms with Gasteiger partial charge in [-0.15, -0.1) is 0 Å². The van der Waals surface area contributed by atoms with Crippen LogP contribution in [0, 0.1) is 0 Å². The number of nitrogens with zero attached hydrogens (tertiary/aromatic N) is 1. The number of aromatic amines is 2. The number of carbonyl (C=O) groups excluding carboxylic acids is 1. The fourth-order valence-electron chi connectivity index (χ4n) is 1.88. The van der Waals surface area contributed by atoms with Crippen molar-refractivity contribution in [1.82, 2.24) is 15.2 Å². The number of H-pyrrole nitrogens is 2. The minimum atomic E-state index is -0.487. The van der Waals surface area contributed by atoms with Crippen molar-refractivity contribution in [3.63, 3.8) is 0 Å². The molecule has 18 heavy (non-hydrogen) atoms. The molecule has 6 nitrogen and oxygen atoms in total. The van der Waals surface area contributed by atoms with Crippen molar-refractivity contribution >= 4 is 17.0 Å². The van der Waals surface area contributed by atoms with Crippen LogP contribution in [-0.2, 0) is 11.2 Å². The van der Waals surface area contributed by atoms with Crippen molar-refractivity contribution in [2.45, 2.75) is 33.3 Å². The summed E-state index contributed by atoms with van der Waals surface area (Å²) in [6.45, 7) is 5.36.